The van der Waals surface area contributed by atoms with Crippen LogP contribution in [-0.4, -0.2) is 96.8 Å². The Kier molecular flexibility index (Phi) is 10.3. The summed E-state index contributed by atoms with van der Waals surface area (Å²) in [4.78, 5) is 65.1. The van der Waals surface area contributed by atoms with Gasteiger partial charge in [-0.15, -0.1) is 0 Å². The average molecular weight is 696 g/mol. The second kappa shape index (κ2) is 13.6. The van der Waals surface area contributed by atoms with E-state index in [1.165, 1.54) is 6.92 Å². The molecule has 5 N–H and O–H groups in total. The van der Waals surface area contributed by atoms with E-state index in [0.717, 1.165) is 7.41 Å². The predicted octanol–water partition coefficient (Wildman–Crippen LogP) is 1.33. The molecular weight excluding hydrogens is 647 g/mol. The SMILES string of the molecule is CC(=O)O[C@H]1C[C@H]2OC[C@@]2(C)[C@H]2[C@H](C)[C@]3(O)C[C@H](OC(=O)[C@H](OC(=O)CN)[C@@H](N[B]C=O)c4ccccc4)C(C)=C([C@@H](O)C(=O)[C@]12C)C3(C)C. The standard InChI is InChI=1S/C36H48BN2O11/c1-18-22(49-32(45)29(50-25(42)15-38)27(39-37-17-40)21-11-9-8-10-12-21)14-36(46)19(2)30-34(6)16-47-23(34)13-24(48-20(3)41)35(30,7)31(44)28(43)26(18)33(36,4)5/h8-12,17,19,22-24,27-30,39,43,46H,13-16,38H2,1-7H3/t19-,22-,23+,24-,27-,28+,29+,30+,34+,35+,36+/m0/s1. The minimum Gasteiger partial charge on any atom is -0.461 e. The number of esters is 3. The van der Waals surface area contributed by atoms with E-state index >= 15 is 0 Å². The van der Waals surface area contributed by atoms with Gasteiger partial charge >= 0.3 is 17.9 Å². The van der Waals surface area contributed by atoms with Gasteiger partial charge in [0.1, 0.15) is 18.3 Å². The molecule has 0 unspecified atom stereocenters. The second-order valence-corrected chi connectivity index (χ2v) is 15.2. The number of hydrogen-bond donors (Lipinski definition) is 4. The highest BCUT2D eigenvalue weighted by atomic mass is 16.6. The van der Waals surface area contributed by atoms with Crippen molar-refractivity contribution in [3.05, 3.63) is 47.0 Å². The van der Waals surface area contributed by atoms with Crippen LogP contribution in [0.1, 0.15) is 72.9 Å². The average Bonchev–Trinajstić information content (AvgIpc) is 3.06. The minimum atomic E-state index is -1.75. The topological polar surface area (TPSA) is 201 Å². The van der Waals surface area contributed by atoms with Gasteiger partial charge in [0.25, 0.3) is 7.41 Å². The van der Waals surface area contributed by atoms with Crippen LogP contribution in [0, 0.1) is 28.1 Å². The molecule has 11 atom stereocenters. The van der Waals surface area contributed by atoms with Gasteiger partial charge in [-0.2, -0.15) is 0 Å². The molecule has 50 heavy (non-hydrogen) atoms. The normalized spacial score (nSPS) is 37.0. The Bertz CT molecular complexity index is 1570. The molecule has 13 nitrogen and oxygen atoms in total. The van der Waals surface area contributed by atoms with Crippen LogP contribution in [-0.2, 0) is 42.9 Å². The number of benzene rings is 1. The number of rotatable bonds is 10. The molecule has 5 rings (SSSR count). The first-order valence-corrected chi connectivity index (χ1v) is 17.0. The summed E-state index contributed by atoms with van der Waals surface area (Å²) in [5.74, 6) is -4.33. The predicted molar refractivity (Wildman–Crippen MR) is 179 cm³/mol. The summed E-state index contributed by atoms with van der Waals surface area (Å²) in [7, 11) is 1.07. The number of carbonyl (C=O) groups is 5. The van der Waals surface area contributed by atoms with Crippen molar-refractivity contribution in [1.82, 2.24) is 5.23 Å². The van der Waals surface area contributed by atoms with Crippen molar-refractivity contribution in [1.29, 1.82) is 0 Å². The number of fused-ring (bicyclic) bond motifs is 5. The number of carbonyl (C=O) groups excluding carboxylic acids is 5. The molecule has 1 heterocycles. The summed E-state index contributed by atoms with van der Waals surface area (Å²) in [6.45, 7) is 11.7. The quantitative estimate of drug-likeness (QED) is 0.0899. The van der Waals surface area contributed by atoms with Crippen LogP contribution in [0.15, 0.2) is 41.5 Å². The van der Waals surface area contributed by atoms with Gasteiger partial charge in [0.15, 0.2) is 5.78 Å². The van der Waals surface area contributed by atoms with Gasteiger partial charge in [-0.3, -0.25) is 14.4 Å². The maximum absolute atomic E-state index is 14.8. The maximum Gasteiger partial charge on any atom is 0.350 e. The number of ether oxygens (including phenoxy) is 4. The highest BCUT2D eigenvalue weighted by Crippen LogP contribution is 2.67. The fourth-order valence-corrected chi connectivity index (χ4v) is 9.73. The fourth-order valence-electron chi connectivity index (χ4n) is 9.73. The smallest absolute Gasteiger partial charge is 0.350 e. The molecule has 0 aromatic heterocycles. The minimum absolute atomic E-state index is 0.128. The summed E-state index contributed by atoms with van der Waals surface area (Å²) < 4.78 is 23.4. The molecule has 14 heteroatoms. The summed E-state index contributed by atoms with van der Waals surface area (Å²) in [6, 6.07) is 7.47. The first kappa shape index (κ1) is 37.8. The van der Waals surface area contributed by atoms with Crippen molar-refractivity contribution in [2.45, 2.75) is 103 Å². The van der Waals surface area contributed by atoms with Crippen LogP contribution in [0.3, 0.4) is 0 Å². The Morgan fingerprint density at radius 3 is 2.38 bits per heavy atom. The summed E-state index contributed by atoms with van der Waals surface area (Å²) in [5, 5.41) is 27.9. The molecule has 0 amide bonds. The molecule has 2 saturated carbocycles. The van der Waals surface area contributed by atoms with E-state index in [-0.39, 0.29) is 24.5 Å². The van der Waals surface area contributed by atoms with Crippen molar-refractivity contribution in [3.8, 4) is 0 Å². The number of ketones is 1. The van der Waals surface area contributed by atoms with E-state index in [2.05, 4.69) is 5.23 Å². The van der Waals surface area contributed by atoms with E-state index in [1.54, 1.807) is 58.0 Å². The van der Waals surface area contributed by atoms with Crippen molar-refractivity contribution in [3.63, 3.8) is 0 Å². The van der Waals surface area contributed by atoms with Gasteiger partial charge < -0.3 is 44.9 Å². The molecule has 1 aromatic carbocycles. The zero-order valence-corrected chi connectivity index (χ0v) is 29.6. The van der Waals surface area contributed by atoms with E-state index < -0.39 is 94.4 Å². The molecular formula is C36H48BN2O11. The van der Waals surface area contributed by atoms with Gasteiger partial charge in [0.2, 0.25) is 6.10 Å². The highest BCUT2D eigenvalue weighted by Gasteiger charge is 2.73. The monoisotopic (exact) mass is 695 g/mol. The number of nitrogens with two attached hydrogens (primary N) is 1. The van der Waals surface area contributed by atoms with Gasteiger partial charge in [-0.25, -0.2) is 4.79 Å². The molecule has 4 aliphatic rings. The summed E-state index contributed by atoms with van der Waals surface area (Å²) in [5.41, 5.74) is 1.69. The molecule has 2 bridgehead atoms. The first-order chi connectivity index (χ1) is 23.4. The van der Waals surface area contributed by atoms with Crippen LogP contribution < -0.4 is 11.0 Å². The molecule has 1 radical (unpaired) electrons. The van der Waals surface area contributed by atoms with E-state index in [9.17, 15) is 34.2 Å². The third kappa shape index (κ3) is 5.82. The second-order valence-electron chi connectivity index (χ2n) is 15.2. The molecule has 0 spiro atoms. The van der Waals surface area contributed by atoms with Crippen LogP contribution >= 0.6 is 0 Å². The zero-order valence-electron chi connectivity index (χ0n) is 29.6. The third-order valence-corrected chi connectivity index (χ3v) is 12.3. The van der Waals surface area contributed by atoms with Crippen molar-refractivity contribution < 1.29 is 53.1 Å². The van der Waals surface area contributed by atoms with Crippen LogP contribution in [0.25, 0.3) is 0 Å². The number of Topliss-reactive ketones (excluding diaryl/α,β-unsaturated/α-hetero) is 1. The largest absolute Gasteiger partial charge is 0.461 e. The van der Waals surface area contributed by atoms with Gasteiger partial charge in [-0.05, 0) is 42.4 Å². The van der Waals surface area contributed by atoms with E-state index in [0.29, 0.717) is 23.9 Å². The molecule has 1 saturated heterocycles. The Labute approximate surface area is 292 Å². The molecule has 3 fully saturated rings. The first-order valence-electron chi connectivity index (χ1n) is 17.0. The number of hydrogen-bond acceptors (Lipinski definition) is 13. The molecule has 271 valence electrons. The van der Waals surface area contributed by atoms with Crippen LogP contribution in [0.4, 0.5) is 0 Å². The lowest BCUT2D eigenvalue weighted by Gasteiger charge is -2.68. The number of aliphatic hydroxyl groups is 2. The highest BCUT2D eigenvalue weighted by molar-refractivity contribution is 6.64. The van der Waals surface area contributed by atoms with Crippen LogP contribution in [0.2, 0.25) is 0 Å². The lowest BCUT2D eigenvalue weighted by atomic mass is 9.40. The molecule has 3 aliphatic carbocycles. The summed E-state index contributed by atoms with van der Waals surface area (Å²) in [6.07, 6.45) is -5.20. The lowest BCUT2D eigenvalue weighted by molar-refractivity contribution is -0.303. The molecule has 1 aromatic rings. The van der Waals surface area contributed by atoms with Crippen molar-refractivity contribution in [2.75, 3.05) is 13.2 Å². The fraction of sp³-hybridized carbons (Fsp3) is 0.639. The van der Waals surface area contributed by atoms with Crippen molar-refractivity contribution >= 4 is 37.3 Å². The van der Waals surface area contributed by atoms with Crippen molar-refractivity contribution in [2.24, 2.45) is 33.8 Å². The summed E-state index contributed by atoms with van der Waals surface area (Å²) >= 11 is 0. The van der Waals surface area contributed by atoms with Gasteiger partial charge in [-0.1, -0.05) is 58.0 Å². The molecule has 1 aliphatic heterocycles. The van der Waals surface area contributed by atoms with Gasteiger partial charge in [0, 0.05) is 30.6 Å². The zero-order chi connectivity index (χ0) is 37.0. The Morgan fingerprint density at radius 1 is 1.16 bits per heavy atom. The Morgan fingerprint density at radius 2 is 1.82 bits per heavy atom. The Balaban J connectivity index is 1.61. The number of nitrogens with one attached hydrogen (secondary N) is 1. The van der Waals surface area contributed by atoms with Gasteiger partial charge in [0.05, 0.1) is 42.5 Å². The van der Waals surface area contributed by atoms with E-state index in [1.807, 2.05) is 13.8 Å². The Hall–Kier alpha value is -3.43. The van der Waals surface area contributed by atoms with E-state index in [4.69, 9.17) is 24.7 Å². The van der Waals surface area contributed by atoms with Crippen LogP contribution in [0.5, 0.6) is 0 Å². The maximum atomic E-state index is 14.8. The third-order valence-electron chi connectivity index (χ3n) is 12.3. The lowest BCUT2D eigenvalue weighted by Crippen LogP contribution is -2.75. The number of aliphatic hydroxyl groups excluding tert-OH is 1.